The Balaban J connectivity index is 1.79. The van der Waals surface area contributed by atoms with Gasteiger partial charge < -0.3 is 9.72 Å². The highest BCUT2D eigenvalue weighted by Gasteiger charge is 2.05. The molecule has 0 aliphatic carbocycles. The van der Waals surface area contributed by atoms with Crippen LogP contribution in [0.5, 0.6) is 5.75 Å². The first-order valence-electron chi connectivity index (χ1n) is 5.86. The summed E-state index contributed by atoms with van der Waals surface area (Å²) in [5.74, 6) is 0.388. The number of ether oxygens (including phenoxy) is 1. The van der Waals surface area contributed by atoms with Crippen LogP contribution in [0.15, 0.2) is 48.7 Å². The molecule has 0 bridgehead atoms. The van der Waals surface area contributed by atoms with Crippen LogP contribution in [0.25, 0.3) is 10.9 Å². The number of H-pyrrole nitrogens is 1. The normalized spacial score (nSPS) is 10.8. The Bertz CT molecular complexity index is 723. The van der Waals surface area contributed by atoms with Crippen molar-refractivity contribution in [3.05, 3.63) is 65.1 Å². The molecule has 0 aliphatic rings. The fourth-order valence-electron chi connectivity index (χ4n) is 1.94. The third-order valence-corrected chi connectivity index (χ3v) is 3.16. The molecule has 0 saturated carbocycles. The fraction of sp³-hybridized carbons (Fsp3) is 0.0667. The lowest BCUT2D eigenvalue weighted by Crippen LogP contribution is -1.98. The third kappa shape index (κ3) is 2.56. The van der Waals surface area contributed by atoms with Crippen molar-refractivity contribution in [2.24, 2.45) is 0 Å². The molecular formula is C15H11ClFNO. The number of benzene rings is 2. The zero-order valence-electron chi connectivity index (χ0n) is 9.99. The molecule has 0 atom stereocenters. The summed E-state index contributed by atoms with van der Waals surface area (Å²) >= 11 is 5.84. The van der Waals surface area contributed by atoms with E-state index in [-0.39, 0.29) is 12.4 Å². The first-order valence-corrected chi connectivity index (χ1v) is 6.24. The predicted octanol–water partition coefficient (Wildman–Crippen LogP) is 4.54. The lowest BCUT2D eigenvalue weighted by atomic mass is 10.2. The molecule has 0 radical (unpaired) electrons. The SMILES string of the molecule is Fc1ccc(Cl)cc1COc1ccc2[nH]ccc2c1. The Morgan fingerprint density at radius 1 is 1.11 bits per heavy atom. The Labute approximate surface area is 114 Å². The lowest BCUT2D eigenvalue weighted by Gasteiger charge is -2.07. The van der Waals surface area contributed by atoms with Gasteiger partial charge in [-0.3, -0.25) is 0 Å². The van der Waals surface area contributed by atoms with Crippen molar-refractivity contribution in [3.8, 4) is 5.75 Å². The van der Waals surface area contributed by atoms with Crippen molar-refractivity contribution < 1.29 is 9.13 Å². The molecule has 1 aromatic heterocycles. The number of halogens is 2. The Morgan fingerprint density at radius 3 is 2.89 bits per heavy atom. The van der Waals surface area contributed by atoms with Crippen molar-refractivity contribution in [2.75, 3.05) is 0 Å². The van der Waals surface area contributed by atoms with Gasteiger partial charge in [0.05, 0.1) is 0 Å². The van der Waals surface area contributed by atoms with E-state index >= 15 is 0 Å². The van der Waals surface area contributed by atoms with Crippen molar-refractivity contribution in [1.29, 1.82) is 0 Å². The van der Waals surface area contributed by atoms with Gasteiger partial charge in [-0.05, 0) is 42.5 Å². The van der Waals surface area contributed by atoms with Crippen LogP contribution in [0.3, 0.4) is 0 Å². The monoisotopic (exact) mass is 275 g/mol. The lowest BCUT2D eigenvalue weighted by molar-refractivity contribution is 0.300. The molecule has 1 heterocycles. The number of rotatable bonds is 3. The number of fused-ring (bicyclic) bond motifs is 1. The van der Waals surface area contributed by atoms with E-state index in [1.807, 2.05) is 30.5 Å². The summed E-state index contributed by atoms with van der Waals surface area (Å²) < 4.78 is 19.1. The number of aromatic nitrogens is 1. The highest BCUT2D eigenvalue weighted by Crippen LogP contribution is 2.22. The quantitative estimate of drug-likeness (QED) is 0.746. The van der Waals surface area contributed by atoms with E-state index < -0.39 is 0 Å². The minimum Gasteiger partial charge on any atom is -0.489 e. The molecule has 3 rings (SSSR count). The maximum Gasteiger partial charge on any atom is 0.129 e. The number of hydrogen-bond acceptors (Lipinski definition) is 1. The van der Waals surface area contributed by atoms with Crippen LogP contribution >= 0.6 is 11.6 Å². The van der Waals surface area contributed by atoms with Gasteiger partial charge in [0, 0.05) is 27.7 Å². The van der Waals surface area contributed by atoms with Crippen LogP contribution in [-0.2, 0) is 6.61 Å². The molecule has 3 aromatic rings. The summed E-state index contributed by atoms with van der Waals surface area (Å²) in [7, 11) is 0. The second kappa shape index (κ2) is 4.94. The van der Waals surface area contributed by atoms with Gasteiger partial charge in [0.2, 0.25) is 0 Å². The van der Waals surface area contributed by atoms with Crippen molar-refractivity contribution in [2.45, 2.75) is 6.61 Å². The number of nitrogens with one attached hydrogen (secondary N) is 1. The van der Waals surface area contributed by atoms with Crippen LogP contribution in [0, 0.1) is 5.82 Å². The molecule has 0 spiro atoms. The average Bonchev–Trinajstić information content (AvgIpc) is 2.87. The van der Waals surface area contributed by atoms with Crippen LogP contribution in [0.2, 0.25) is 5.02 Å². The maximum absolute atomic E-state index is 13.5. The van der Waals surface area contributed by atoms with E-state index in [9.17, 15) is 4.39 Å². The van der Waals surface area contributed by atoms with Crippen molar-refractivity contribution in [3.63, 3.8) is 0 Å². The number of aromatic amines is 1. The first-order chi connectivity index (χ1) is 9.22. The molecular weight excluding hydrogens is 265 g/mol. The zero-order chi connectivity index (χ0) is 13.2. The van der Waals surface area contributed by atoms with E-state index in [4.69, 9.17) is 16.3 Å². The Hall–Kier alpha value is -2.00. The topological polar surface area (TPSA) is 25.0 Å². The second-order valence-corrected chi connectivity index (χ2v) is 4.69. The van der Waals surface area contributed by atoms with Crippen molar-refractivity contribution >= 4 is 22.5 Å². The predicted molar refractivity (Wildman–Crippen MR) is 74.0 cm³/mol. The summed E-state index contributed by atoms with van der Waals surface area (Å²) in [4.78, 5) is 3.10. The largest absolute Gasteiger partial charge is 0.489 e. The van der Waals surface area contributed by atoms with Gasteiger partial charge in [0.25, 0.3) is 0 Å². The minimum absolute atomic E-state index is 0.155. The molecule has 2 aromatic carbocycles. The van der Waals surface area contributed by atoms with Gasteiger partial charge in [0.1, 0.15) is 18.2 Å². The fourth-order valence-corrected chi connectivity index (χ4v) is 2.13. The molecule has 0 fully saturated rings. The van der Waals surface area contributed by atoms with E-state index in [1.165, 1.54) is 12.1 Å². The van der Waals surface area contributed by atoms with Gasteiger partial charge in [0.15, 0.2) is 0 Å². The van der Waals surface area contributed by atoms with Gasteiger partial charge in [-0.2, -0.15) is 0 Å². The summed E-state index contributed by atoms with van der Waals surface area (Å²) in [6.07, 6.45) is 1.87. The molecule has 2 nitrogen and oxygen atoms in total. The molecule has 4 heteroatoms. The van der Waals surface area contributed by atoms with Crippen LogP contribution in [0.4, 0.5) is 4.39 Å². The summed E-state index contributed by atoms with van der Waals surface area (Å²) in [5, 5.41) is 1.56. The van der Waals surface area contributed by atoms with Crippen LogP contribution in [-0.4, -0.2) is 4.98 Å². The van der Waals surface area contributed by atoms with Gasteiger partial charge in [-0.25, -0.2) is 4.39 Å². The summed E-state index contributed by atoms with van der Waals surface area (Å²) in [5.41, 5.74) is 1.49. The van der Waals surface area contributed by atoms with Crippen LogP contribution < -0.4 is 4.74 Å². The Morgan fingerprint density at radius 2 is 2.00 bits per heavy atom. The molecule has 96 valence electrons. The van der Waals surface area contributed by atoms with E-state index in [1.54, 1.807) is 6.07 Å². The highest BCUT2D eigenvalue weighted by molar-refractivity contribution is 6.30. The van der Waals surface area contributed by atoms with Crippen LogP contribution in [0.1, 0.15) is 5.56 Å². The molecule has 0 unspecified atom stereocenters. The van der Waals surface area contributed by atoms with Gasteiger partial charge in [-0.15, -0.1) is 0 Å². The molecule has 1 N–H and O–H groups in total. The minimum atomic E-state index is -0.313. The maximum atomic E-state index is 13.5. The van der Waals surface area contributed by atoms with Gasteiger partial charge >= 0.3 is 0 Å². The molecule has 0 aliphatic heterocycles. The van der Waals surface area contributed by atoms with E-state index in [2.05, 4.69) is 4.98 Å². The number of hydrogen-bond donors (Lipinski definition) is 1. The molecule has 0 saturated heterocycles. The highest BCUT2D eigenvalue weighted by atomic mass is 35.5. The third-order valence-electron chi connectivity index (χ3n) is 2.93. The smallest absolute Gasteiger partial charge is 0.129 e. The van der Waals surface area contributed by atoms with Gasteiger partial charge in [-0.1, -0.05) is 11.6 Å². The molecule has 0 amide bonds. The zero-order valence-corrected chi connectivity index (χ0v) is 10.7. The first kappa shape index (κ1) is 12.1. The molecule has 19 heavy (non-hydrogen) atoms. The second-order valence-electron chi connectivity index (χ2n) is 4.25. The standard InChI is InChI=1S/C15H11ClFNO/c16-12-1-3-14(17)11(7-12)9-19-13-2-4-15-10(8-13)5-6-18-15/h1-8,18H,9H2. The van der Waals surface area contributed by atoms with E-state index in [0.29, 0.717) is 16.3 Å². The Kier molecular flexibility index (Phi) is 3.13. The van der Waals surface area contributed by atoms with Crippen molar-refractivity contribution in [1.82, 2.24) is 4.98 Å². The van der Waals surface area contributed by atoms with E-state index in [0.717, 1.165) is 10.9 Å². The summed E-state index contributed by atoms with van der Waals surface area (Å²) in [6.45, 7) is 0.155. The average molecular weight is 276 g/mol. The summed E-state index contributed by atoms with van der Waals surface area (Å²) in [6, 6.07) is 12.1.